The molecule has 2 heterocycles. The van der Waals surface area contributed by atoms with Gasteiger partial charge in [0.25, 0.3) is 0 Å². The highest BCUT2D eigenvalue weighted by atomic mass is 15.4. The molecule has 78 valence electrons. The first-order chi connectivity index (χ1) is 7.31. The van der Waals surface area contributed by atoms with Gasteiger partial charge < -0.3 is 5.73 Å². The monoisotopic (exact) mass is 203 g/mol. The summed E-state index contributed by atoms with van der Waals surface area (Å²) in [6, 6.07) is 3.91. The summed E-state index contributed by atoms with van der Waals surface area (Å²) in [6.45, 7) is 2.73. The molecular weight excluding hydrogens is 190 g/mol. The molecule has 5 nitrogen and oxygen atoms in total. The SMILES string of the molecule is CCc1c(N)nnn1Cc1ccncc1. The lowest BCUT2D eigenvalue weighted by Crippen LogP contribution is -2.06. The van der Waals surface area contributed by atoms with Crippen LogP contribution < -0.4 is 5.73 Å². The van der Waals surface area contributed by atoms with E-state index >= 15 is 0 Å². The predicted molar refractivity (Wildman–Crippen MR) is 57.2 cm³/mol. The minimum atomic E-state index is 0.520. The van der Waals surface area contributed by atoms with Crippen molar-refractivity contribution in [3.63, 3.8) is 0 Å². The van der Waals surface area contributed by atoms with Gasteiger partial charge in [0.15, 0.2) is 5.82 Å². The molecule has 2 aromatic heterocycles. The van der Waals surface area contributed by atoms with E-state index in [0.717, 1.165) is 17.7 Å². The van der Waals surface area contributed by atoms with Crippen LogP contribution in [-0.4, -0.2) is 20.0 Å². The molecule has 0 unspecified atom stereocenters. The van der Waals surface area contributed by atoms with Crippen LogP contribution in [0.25, 0.3) is 0 Å². The maximum Gasteiger partial charge on any atom is 0.169 e. The molecule has 0 aliphatic carbocycles. The molecule has 0 fully saturated rings. The molecule has 5 heteroatoms. The van der Waals surface area contributed by atoms with Crippen LogP contribution in [0.15, 0.2) is 24.5 Å². The van der Waals surface area contributed by atoms with Crippen molar-refractivity contribution in [2.45, 2.75) is 19.9 Å². The van der Waals surface area contributed by atoms with Gasteiger partial charge in [-0.15, -0.1) is 5.10 Å². The molecule has 0 amide bonds. The Labute approximate surface area is 87.9 Å². The first kappa shape index (κ1) is 9.64. The molecule has 0 spiro atoms. The molecule has 2 rings (SSSR count). The Bertz CT molecular complexity index is 434. The standard InChI is InChI=1S/C10H13N5/c1-2-9-10(11)13-14-15(9)7-8-3-5-12-6-4-8/h3-6H,2,7,11H2,1H3. The van der Waals surface area contributed by atoms with Crippen LogP contribution in [0.2, 0.25) is 0 Å². The van der Waals surface area contributed by atoms with E-state index in [4.69, 9.17) is 5.73 Å². The summed E-state index contributed by atoms with van der Waals surface area (Å²) in [6.07, 6.45) is 4.37. The zero-order chi connectivity index (χ0) is 10.7. The second-order valence-electron chi connectivity index (χ2n) is 3.29. The molecule has 0 atom stereocenters. The number of nitrogens with two attached hydrogens (primary N) is 1. The number of aromatic nitrogens is 4. The maximum absolute atomic E-state index is 5.70. The van der Waals surface area contributed by atoms with Gasteiger partial charge in [0.1, 0.15) is 0 Å². The van der Waals surface area contributed by atoms with Crippen molar-refractivity contribution in [3.05, 3.63) is 35.8 Å². The Morgan fingerprint density at radius 1 is 1.33 bits per heavy atom. The summed E-state index contributed by atoms with van der Waals surface area (Å²) in [4.78, 5) is 3.96. The molecule has 15 heavy (non-hydrogen) atoms. The van der Waals surface area contributed by atoms with E-state index in [2.05, 4.69) is 15.3 Å². The lowest BCUT2D eigenvalue weighted by molar-refractivity contribution is 0.621. The summed E-state index contributed by atoms with van der Waals surface area (Å²) in [5.74, 6) is 0.520. The average Bonchev–Trinajstić information content (AvgIpc) is 2.61. The number of nitrogens with zero attached hydrogens (tertiary/aromatic N) is 4. The van der Waals surface area contributed by atoms with Crippen molar-refractivity contribution < 1.29 is 0 Å². The van der Waals surface area contributed by atoms with Crippen molar-refractivity contribution in [2.24, 2.45) is 0 Å². The molecule has 0 saturated heterocycles. The first-order valence-corrected chi connectivity index (χ1v) is 4.88. The van der Waals surface area contributed by atoms with Gasteiger partial charge >= 0.3 is 0 Å². The van der Waals surface area contributed by atoms with Crippen LogP contribution >= 0.6 is 0 Å². The van der Waals surface area contributed by atoms with E-state index in [-0.39, 0.29) is 0 Å². The van der Waals surface area contributed by atoms with E-state index in [9.17, 15) is 0 Å². The number of nitrogen functional groups attached to an aromatic ring is 1. The lowest BCUT2D eigenvalue weighted by Gasteiger charge is -2.04. The molecular formula is C10H13N5. The average molecular weight is 203 g/mol. The minimum Gasteiger partial charge on any atom is -0.381 e. The molecule has 0 bridgehead atoms. The van der Waals surface area contributed by atoms with Crippen molar-refractivity contribution in [2.75, 3.05) is 5.73 Å². The molecule has 0 aliphatic rings. The van der Waals surface area contributed by atoms with Gasteiger partial charge in [0.05, 0.1) is 12.2 Å². The smallest absolute Gasteiger partial charge is 0.169 e. The highest BCUT2D eigenvalue weighted by Gasteiger charge is 2.07. The normalized spacial score (nSPS) is 10.5. The van der Waals surface area contributed by atoms with E-state index in [1.807, 2.05) is 23.7 Å². The Hall–Kier alpha value is -1.91. The van der Waals surface area contributed by atoms with Crippen LogP contribution in [0.4, 0.5) is 5.82 Å². The molecule has 0 saturated carbocycles. The molecule has 0 aliphatic heterocycles. The van der Waals surface area contributed by atoms with Crippen LogP contribution in [0.3, 0.4) is 0 Å². The highest BCUT2D eigenvalue weighted by molar-refractivity contribution is 5.33. The van der Waals surface area contributed by atoms with Crippen LogP contribution in [0, 0.1) is 0 Å². The second kappa shape index (κ2) is 4.08. The Balaban J connectivity index is 2.25. The van der Waals surface area contributed by atoms with Gasteiger partial charge in [-0.2, -0.15) is 0 Å². The van der Waals surface area contributed by atoms with Crippen LogP contribution in [0.1, 0.15) is 18.2 Å². The Morgan fingerprint density at radius 3 is 2.73 bits per heavy atom. The number of rotatable bonds is 3. The van der Waals surface area contributed by atoms with Gasteiger partial charge in [0, 0.05) is 12.4 Å². The van der Waals surface area contributed by atoms with Crippen LogP contribution in [-0.2, 0) is 13.0 Å². The number of pyridine rings is 1. The topological polar surface area (TPSA) is 69.6 Å². The number of anilines is 1. The van der Waals surface area contributed by atoms with Gasteiger partial charge in [-0.3, -0.25) is 4.98 Å². The van der Waals surface area contributed by atoms with Gasteiger partial charge in [-0.05, 0) is 24.1 Å². The summed E-state index contributed by atoms with van der Waals surface area (Å²) in [7, 11) is 0. The summed E-state index contributed by atoms with van der Waals surface area (Å²) < 4.78 is 1.82. The Kier molecular flexibility index (Phi) is 2.62. The zero-order valence-electron chi connectivity index (χ0n) is 8.59. The molecule has 0 aromatic carbocycles. The number of hydrogen-bond donors (Lipinski definition) is 1. The van der Waals surface area contributed by atoms with Gasteiger partial charge in [-0.25, -0.2) is 4.68 Å². The zero-order valence-corrected chi connectivity index (χ0v) is 8.59. The van der Waals surface area contributed by atoms with E-state index in [1.165, 1.54) is 0 Å². The summed E-state index contributed by atoms with van der Waals surface area (Å²) in [5.41, 5.74) is 7.82. The highest BCUT2D eigenvalue weighted by Crippen LogP contribution is 2.10. The largest absolute Gasteiger partial charge is 0.381 e. The fraction of sp³-hybridized carbons (Fsp3) is 0.300. The van der Waals surface area contributed by atoms with Gasteiger partial charge in [0.2, 0.25) is 0 Å². The summed E-state index contributed by atoms with van der Waals surface area (Å²) in [5, 5.41) is 7.86. The lowest BCUT2D eigenvalue weighted by atomic mass is 10.2. The third-order valence-electron chi connectivity index (χ3n) is 2.28. The fourth-order valence-corrected chi connectivity index (χ4v) is 1.50. The third-order valence-corrected chi connectivity index (χ3v) is 2.28. The van der Waals surface area contributed by atoms with Crippen molar-refractivity contribution >= 4 is 5.82 Å². The van der Waals surface area contributed by atoms with Gasteiger partial charge in [-0.1, -0.05) is 12.1 Å². The summed E-state index contributed by atoms with van der Waals surface area (Å²) >= 11 is 0. The van der Waals surface area contributed by atoms with Crippen molar-refractivity contribution in [1.29, 1.82) is 0 Å². The number of hydrogen-bond acceptors (Lipinski definition) is 4. The quantitative estimate of drug-likeness (QED) is 0.803. The van der Waals surface area contributed by atoms with E-state index in [1.54, 1.807) is 12.4 Å². The van der Waals surface area contributed by atoms with Crippen molar-refractivity contribution in [3.8, 4) is 0 Å². The maximum atomic E-state index is 5.70. The van der Waals surface area contributed by atoms with E-state index < -0.39 is 0 Å². The second-order valence-corrected chi connectivity index (χ2v) is 3.29. The molecule has 0 radical (unpaired) electrons. The Morgan fingerprint density at radius 2 is 2.07 bits per heavy atom. The van der Waals surface area contributed by atoms with E-state index in [0.29, 0.717) is 12.4 Å². The predicted octanol–water partition coefficient (Wildman–Crippen LogP) is 0.866. The molecule has 2 aromatic rings. The first-order valence-electron chi connectivity index (χ1n) is 4.88. The molecule has 2 N–H and O–H groups in total. The van der Waals surface area contributed by atoms with Crippen LogP contribution in [0.5, 0.6) is 0 Å². The fourth-order valence-electron chi connectivity index (χ4n) is 1.50. The third kappa shape index (κ3) is 1.96. The minimum absolute atomic E-state index is 0.520. The van der Waals surface area contributed by atoms with Crippen molar-refractivity contribution in [1.82, 2.24) is 20.0 Å².